The van der Waals surface area contributed by atoms with Gasteiger partial charge in [-0.1, -0.05) is 5.16 Å². The number of nitrogens with two attached hydrogens (primary N) is 1. The molecule has 3 aliphatic rings. The molecule has 0 radical (unpaired) electrons. The molecule has 0 saturated carbocycles. The topological polar surface area (TPSA) is 124 Å². The van der Waals surface area contributed by atoms with Crippen molar-refractivity contribution in [3.63, 3.8) is 0 Å². The van der Waals surface area contributed by atoms with Crippen LogP contribution in [0.25, 0.3) is 0 Å². The number of carboxylic acid groups (broad SMARTS) is 1. The number of hydrazine groups is 1. The fraction of sp³-hybridized carbons (Fsp3) is 0.444. The van der Waals surface area contributed by atoms with Gasteiger partial charge in [-0.3, -0.25) is 5.01 Å². The number of hydrogen-bond donors (Lipinski definition) is 3. The number of methoxy groups -OCH3 is 1. The second-order valence-corrected chi connectivity index (χ2v) is 7.02. The smallest absolute Gasteiger partial charge is 0.336 e. The van der Waals surface area contributed by atoms with Crippen LogP contribution in [-0.2, 0) is 9.63 Å². The number of oxime groups is 1. The van der Waals surface area contributed by atoms with E-state index in [0.29, 0.717) is 5.71 Å². The Hall–Kier alpha value is -2.96. The Labute approximate surface area is 170 Å². The minimum absolute atomic E-state index is 0.0224. The van der Waals surface area contributed by atoms with E-state index in [0.717, 1.165) is 12.3 Å². The monoisotopic (exact) mass is 425 g/mol. The molecule has 3 aliphatic heterocycles. The third-order valence-electron chi connectivity index (χ3n) is 5.36. The van der Waals surface area contributed by atoms with E-state index in [1.165, 1.54) is 24.2 Å². The number of anilines is 2. The van der Waals surface area contributed by atoms with E-state index in [1.807, 2.05) is 0 Å². The van der Waals surface area contributed by atoms with Crippen molar-refractivity contribution in [2.45, 2.75) is 18.4 Å². The van der Waals surface area contributed by atoms with E-state index in [4.69, 9.17) is 15.3 Å². The normalized spacial score (nSPS) is 28.6. The number of carbonyl (C=O) groups is 1. The predicted octanol–water partition coefficient (Wildman–Crippen LogP) is 0.332. The van der Waals surface area contributed by atoms with Gasteiger partial charge in [0, 0.05) is 18.3 Å². The number of ether oxygens (including phenoxy) is 1. The van der Waals surface area contributed by atoms with Crippen LogP contribution >= 0.6 is 0 Å². The van der Waals surface area contributed by atoms with E-state index in [2.05, 4.69) is 5.16 Å². The van der Waals surface area contributed by atoms with Gasteiger partial charge in [0.2, 0.25) is 0 Å². The molecule has 2 saturated heterocycles. The van der Waals surface area contributed by atoms with Gasteiger partial charge < -0.3 is 30.4 Å². The molecule has 4 atom stereocenters. The number of halogens is 2. The highest BCUT2D eigenvalue weighted by Crippen LogP contribution is 2.51. The van der Waals surface area contributed by atoms with Gasteiger partial charge in [0.05, 0.1) is 31.8 Å². The van der Waals surface area contributed by atoms with Crippen LogP contribution in [0.2, 0.25) is 0 Å². The average molecular weight is 425 g/mol. The zero-order valence-corrected chi connectivity index (χ0v) is 16.2. The first kappa shape index (κ1) is 20.3. The van der Waals surface area contributed by atoms with Gasteiger partial charge in [-0.25, -0.2) is 13.6 Å². The molecule has 4 rings (SSSR count). The summed E-state index contributed by atoms with van der Waals surface area (Å²) >= 11 is 0. The van der Waals surface area contributed by atoms with Crippen LogP contribution in [-0.4, -0.2) is 73.1 Å². The number of aliphatic hydroxyl groups is 1. The summed E-state index contributed by atoms with van der Waals surface area (Å²) in [5.74, 6) is -2.11. The van der Waals surface area contributed by atoms with Crippen LogP contribution in [0.4, 0.5) is 20.2 Å². The average Bonchev–Trinajstić information content (AvgIpc) is 3.41. The number of aliphatic hydroxyl groups excluding tert-OH is 1. The Morgan fingerprint density at radius 2 is 2.10 bits per heavy atom. The quantitative estimate of drug-likeness (QED) is 0.336. The predicted molar refractivity (Wildman–Crippen MR) is 102 cm³/mol. The maximum Gasteiger partial charge on any atom is 0.336 e. The lowest BCUT2D eigenvalue weighted by atomic mass is 9.93. The molecule has 0 aromatic heterocycles. The number of aliphatic carboxylic acids is 1. The third kappa shape index (κ3) is 2.95. The van der Waals surface area contributed by atoms with Gasteiger partial charge in [-0.05, 0) is 6.07 Å². The lowest BCUT2D eigenvalue weighted by molar-refractivity contribution is -0.133. The molecule has 0 amide bonds. The van der Waals surface area contributed by atoms with Crippen LogP contribution < -0.4 is 20.4 Å². The minimum atomic E-state index is -1.61. The molecule has 1 aromatic carbocycles. The number of nitrogens with zero attached hydrogens (tertiary/aromatic N) is 4. The summed E-state index contributed by atoms with van der Waals surface area (Å²) in [5.41, 5.74) is 6.22. The first-order valence-electron chi connectivity index (χ1n) is 9.13. The third-order valence-corrected chi connectivity index (χ3v) is 5.36. The molecule has 1 aromatic rings. The fourth-order valence-electron chi connectivity index (χ4n) is 3.83. The molecular formula is C18H21F2N5O5. The number of benzene rings is 1. The zero-order chi connectivity index (χ0) is 21.7. The van der Waals surface area contributed by atoms with E-state index >= 15 is 4.39 Å². The Kier molecular flexibility index (Phi) is 5.00. The van der Waals surface area contributed by atoms with E-state index in [-0.39, 0.29) is 42.3 Å². The van der Waals surface area contributed by atoms with Gasteiger partial charge in [0.1, 0.15) is 30.3 Å². The van der Waals surface area contributed by atoms with Gasteiger partial charge in [-0.15, -0.1) is 0 Å². The van der Waals surface area contributed by atoms with Gasteiger partial charge >= 0.3 is 5.97 Å². The van der Waals surface area contributed by atoms with Crippen molar-refractivity contribution in [1.29, 1.82) is 0 Å². The van der Waals surface area contributed by atoms with Crippen molar-refractivity contribution in [2.24, 2.45) is 10.9 Å². The van der Waals surface area contributed by atoms with Gasteiger partial charge in [0.25, 0.3) is 0 Å². The first-order valence-corrected chi connectivity index (χ1v) is 9.13. The minimum Gasteiger partial charge on any atom is -0.492 e. The maximum absolute atomic E-state index is 15.2. The number of carboxylic acids is 1. The van der Waals surface area contributed by atoms with Crippen LogP contribution in [0.15, 0.2) is 23.0 Å². The highest BCUT2D eigenvalue weighted by Gasteiger charge is 2.47. The summed E-state index contributed by atoms with van der Waals surface area (Å²) < 4.78 is 34.6. The molecule has 2 unspecified atom stereocenters. The number of alkyl halides is 1. The van der Waals surface area contributed by atoms with Crippen LogP contribution in [0.1, 0.15) is 11.7 Å². The summed E-state index contributed by atoms with van der Waals surface area (Å²) in [6.07, 6.45) is -1.83. The molecule has 3 heterocycles. The van der Waals surface area contributed by atoms with E-state index in [1.54, 1.807) is 4.90 Å². The summed E-state index contributed by atoms with van der Waals surface area (Å²) in [7, 11) is 2.71. The lowest BCUT2D eigenvalue weighted by Crippen LogP contribution is -2.61. The highest BCUT2D eigenvalue weighted by atomic mass is 19.1. The maximum atomic E-state index is 15.2. The van der Waals surface area contributed by atoms with Crippen molar-refractivity contribution in [3.8, 4) is 5.75 Å². The molecule has 2 fully saturated rings. The summed E-state index contributed by atoms with van der Waals surface area (Å²) in [6, 6.07) is 0.602. The number of rotatable bonds is 6. The summed E-state index contributed by atoms with van der Waals surface area (Å²) in [5, 5.41) is 26.3. The lowest BCUT2D eigenvalue weighted by Gasteiger charge is -2.44. The molecule has 162 valence electrons. The Morgan fingerprint density at radius 1 is 1.40 bits per heavy atom. The molecule has 4 N–H and O–H groups in total. The Morgan fingerprint density at radius 3 is 2.63 bits per heavy atom. The second-order valence-electron chi connectivity index (χ2n) is 7.02. The molecule has 0 spiro atoms. The summed E-state index contributed by atoms with van der Waals surface area (Å²) in [6.45, 7) is 0.389. The zero-order valence-electron chi connectivity index (χ0n) is 16.2. The summed E-state index contributed by atoms with van der Waals surface area (Å²) in [4.78, 5) is 18.0. The van der Waals surface area contributed by atoms with Gasteiger partial charge in [0.15, 0.2) is 17.9 Å². The first-order chi connectivity index (χ1) is 14.3. The van der Waals surface area contributed by atoms with Crippen LogP contribution in [0.3, 0.4) is 0 Å². The van der Waals surface area contributed by atoms with Crippen molar-refractivity contribution in [3.05, 3.63) is 29.2 Å². The van der Waals surface area contributed by atoms with E-state index < -0.39 is 35.8 Å². The molecule has 0 bridgehead atoms. The fourth-order valence-corrected chi connectivity index (χ4v) is 3.83. The SMILES string of the molecule is CO/N=C1\CN(c2c(F)cc3c(c2OC)N(N2C[C@@H]2F)C=C(C(=O)O)C3O)[C@H]1CN. The Balaban J connectivity index is 1.86. The van der Waals surface area contributed by atoms with E-state index in [9.17, 15) is 19.4 Å². The van der Waals surface area contributed by atoms with Crippen molar-refractivity contribution < 1.29 is 33.4 Å². The highest BCUT2D eigenvalue weighted by molar-refractivity contribution is 6.04. The van der Waals surface area contributed by atoms with Crippen LogP contribution in [0.5, 0.6) is 5.75 Å². The van der Waals surface area contributed by atoms with Gasteiger partial charge in [-0.2, -0.15) is 5.01 Å². The Bertz CT molecular complexity index is 955. The second kappa shape index (κ2) is 7.38. The molecular weight excluding hydrogens is 404 g/mol. The largest absolute Gasteiger partial charge is 0.492 e. The standard InChI is InChI=1S/C18H21F2N5O5/c1-29-17-14-8(16(26)9(18(27)28)5-25(14)24-7-13(24)20)3-10(19)15(17)23-6-11(22-30-2)12(23)4-21/h3,5,12-13,16,26H,4,6-7,21H2,1-2H3,(H,27,28)/b22-11+/t12-,13+,16?,24?/m0/s1. The number of fused-ring (bicyclic) bond motifs is 1. The number of hydrogen-bond acceptors (Lipinski definition) is 9. The molecule has 30 heavy (non-hydrogen) atoms. The molecule has 10 nitrogen and oxygen atoms in total. The molecule has 12 heteroatoms. The van der Waals surface area contributed by atoms with Crippen LogP contribution in [0, 0.1) is 5.82 Å². The van der Waals surface area contributed by atoms with Crippen molar-refractivity contribution in [2.75, 3.05) is 43.8 Å². The van der Waals surface area contributed by atoms with Crippen molar-refractivity contribution in [1.82, 2.24) is 5.01 Å². The van der Waals surface area contributed by atoms with Crippen molar-refractivity contribution >= 4 is 23.1 Å². The molecule has 0 aliphatic carbocycles.